The number of sulfonamides is 1. The number of rotatable bonds is 10. The monoisotopic (exact) mass is 665 g/mol. The second-order valence-electron chi connectivity index (χ2n) is 8.88. The summed E-state index contributed by atoms with van der Waals surface area (Å²) in [4.78, 5) is 28.5. The molecule has 2 aromatic carbocycles. The van der Waals surface area contributed by atoms with Crippen molar-refractivity contribution in [2.75, 3.05) is 17.1 Å². The van der Waals surface area contributed by atoms with E-state index in [-0.39, 0.29) is 18.5 Å². The first-order valence-corrected chi connectivity index (χ1v) is 15.5. The van der Waals surface area contributed by atoms with Crippen LogP contribution in [0.1, 0.15) is 44.6 Å². The number of hydrogen-bond acceptors (Lipinski definition) is 4. The highest BCUT2D eigenvalue weighted by molar-refractivity contribution is 14.1. The van der Waals surface area contributed by atoms with Gasteiger partial charge < -0.3 is 10.2 Å². The third-order valence-corrected chi connectivity index (χ3v) is 8.84. The van der Waals surface area contributed by atoms with Crippen LogP contribution >= 0.6 is 45.8 Å². The molecule has 0 spiro atoms. The van der Waals surface area contributed by atoms with Crippen LogP contribution in [0.15, 0.2) is 42.5 Å². The lowest BCUT2D eigenvalue weighted by Crippen LogP contribution is -2.53. The van der Waals surface area contributed by atoms with E-state index in [4.69, 9.17) is 23.2 Å². The molecule has 0 radical (unpaired) electrons. The summed E-state index contributed by atoms with van der Waals surface area (Å²) < 4.78 is 27.3. The maximum absolute atomic E-state index is 13.8. The van der Waals surface area contributed by atoms with Crippen molar-refractivity contribution in [2.24, 2.45) is 0 Å². The molecule has 3 rings (SSSR count). The Morgan fingerprint density at radius 2 is 1.67 bits per heavy atom. The van der Waals surface area contributed by atoms with Gasteiger partial charge in [-0.1, -0.05) is 49.0 Å². The molecule has 196 valence electrons. The average molecular weight is 666 g/mol. The van der Waals surface area contributed by atoms with E-state index in [1.54, 1.807) is 42.5 Å². The Balaban J connectivity index is 1.96. The van der Waals surface area contributed by atoms with Crippen LogP contribution in [-0.2, 0) is 26.2 Å². The molecular weight excluding hydrogens is 636 g/mol. The SMILES string of the molecule is CCC(C(=O)NC1CCCC1)N(Cc1c(Cl)cccc1Cl)C(=O)CN(c1ccc(I)cc1)S(C)(=O)=O. The predicted octanol–water partition coefficient (Wildman–Crippen LogP) is 5.23. The minimum absolute atomic E-state index is 0.0295. The summed E-state index contributed by atoms with van der Waals surface area (Å²) in [7, 11) is -3.79. The first-order valence-electron chi connectivity index (χ1n) is 11.8. The van der Waals surface area contributed by atoms with Gasteiger partial charge in [-0.3, -0.25) is 13.9 Å². The van der Waals surface area contributed by atoms with E-state index in [0.29, 0.717) is 27.7 Å². The Morgan fingerprint density at radius 1 is 1.08 bits per heavy atom. The molecule has 1 fully saturated rings. The number of nitrogens with zero attached hydrogens (tertiary/aromatic N) is 2. The zero-order chi connectivity index (χ0) is 26.5. The van der Waals surface area contributed by atoms with Crippen molar-refractivity contribution in [1.29, 1.82) is 0 Å². The van der Waals surface area contributed by atoms with E-state index in [1.807, 2.05) is 6.92 Å². The van der Waals surface area contributed by atoms with Crippen molar-refractivity contribution < 1.29 is 18.0 Å². The predicted molar refractivity (Wildman–Crippen MR) is 153 cm³/mol. The lowest BCUT2D eigenvalue weighted by Gasteiger charge is -2.33. The minimum atomic E-state index is -3.79. The normalized spacial score (nSPS) is 14.9. The molecule has 11 heteroatoms. The van der Waals surface area contributed by atoms with Crippen molar-refractivity contribution in [3.05, 3.63) is 61.6 Å². The number of halogens is 3. The fourth-order valence-electron chi connectivity index (χ4n) is 4.36. The summed E-state index contributed by atoms with van der Waals surface area (Å²) in [6, 6.07) is 11.1. The zero-order valence-corrected chi connectivity index (χ0v) is 24.7. The second-order valence-corrected chi connectivity index (χ2v) is 12.8. The average Bonchev–Trinajstić information content (AvgIpc) is 3.32. The van der Waals surface area contributed by atoms with Gasteiger partial charge in [0.15, 0.2) is 0 Å². The molecule has 2 amide bonds. The van der Waals surface area contributed by atoms with E-state index in [9.17, 15) is 18.0 Å². The van der Waals surface area contributed by atoms with Crippen LogP contribution < -0.4 is 9.62 Å². The van der Waals surface area contributed by atoms with Gasteiger partial charge in [-0.2, -0.15) is 0 Å². The third-order valence-electron chi connectivity index (χ3n) is 6.27. The third kappa shape index (κ3) is 7.49. The van der Waals surface area contributed by atoms with Gasteiger partial charge in [-0.15, -0.1) is 0 Å². The van der Waals surface area contributed by atoms with Gasteiger partial charge in [0.05, 0.1) is 11.9 Å². The van der Waals surface area contributed by atoms with E-state index in [0.717, 1.165) is 39.8 Å². The van der Waals surface area contributed by atoms with Crippen molar-refractivity contribution in [3.8, 4) is 0 Å². The van der Waals surface area contributed by atoms with Crippen LogP contribution in [0.3, 0.4) is 0 Å². The Morgan fingerprint density at radius 3 is 2.19 bits per heavy atom. The van der Waals surface area contributed by atoms with E-state index in [2.05, 4.69) is 27.9 Å². The van der Waals surface area contributed by atoms with Gasteiger partial charge in [-0.05, 0) is 78.3 Å². The van der Waals surface area contributed by atoms with Crippen LogP contribution in [0.25, 0.3) is 0 Å². The van der Waals surface area contributed by atoms with Crippen molar-refractivity contribution in [1.82, 2.24) is 10.2 Å². The molecular formula is C25H30Cl2IN3O4S. The Kier molecular flexibility index (Phi) is 10.3. The van der Waals surface area contributed by atoms with Gasteiger partial charge in [0.25, 0.3) is 0 Å². The topological polar surface area (TPSA) is 86.8 Å². The van der Waals surface area contributed by atoms with Gasteiger partial charge >= 0.3 is 0 Å². The summed E-state index contributed by atoms with van der Waals surface area (Å²) in [5.41, 5.74) is 0.868. The molecule has 0 bridgehead atoms. The summed E-state index contributed by atoms with van der Waals surface area (Å²) in [6.45, 7) is 1.33. The van der Waals surface area contributed by atoms with Crippen molar-refractivity contribution in [2.45, 2.75) is 57.7 Å². The number of carbonyl (C=O) groups excluding carboxylic acids is 2. The molecule has 0 aliphatic heterocycles. The van der Waals surface area contributed by atoms with Gasteiger partial charge in [0.2, 0.25) is 21.8 Å². The van der Waals surface area contributed by atoms with E-state index in [1.165, 1.54) is 4.90 Å². The van der Waals surface area contributed by atoms with Crippen molar-refractivity contribution >= 4 is 73.3 Å². The molecule has 0 aromatic heterocycles. The van der Waals surface area contributed by atoms with Gasteiger partial charge in [0.1, 0.15) is 12.6 Å². The number of amides is 2. The standard InChI is InChI=1S/C25H30Cl2IN3O4S/c1-3-23(25(33)29-18-7-4-5-8-18)30(15-20-21(26)9-6-10-22(20)27)24(32)16-31(36(2,34)35)19-13-11-17(28)12-14-19/h6,9-14,18,23H,3-5,7-8,15-16H2,1-2H3,(H,29,33). The summed E-state index contributed by atoms with van der Waals surface area (Å²) in [6.07, 6.45) is 5.31. The van der Waals surface area contributed by atoms with E-state index >= 15 is 0 Å². The van der Waals surface area contributed by atoms with Crippen LogP contribution in [0.5, 0.6) is 0 Å². The molecule has 1 atom stereocenters. The molecule has 2 aromatic rings. The molecule has 7 nitrogen and oxygen atoms in total. The first kappa shape index (κ1) is 29.0. The number of anilines is 1. The summed E-state index contributed by atoms with van der Waals surface area (Å²) >= 11 is 14.9. The molecule has 1 aliphatic carbocycles. The lowest BCUT2D eigenvalue weighted by molar-refractivity contribution is -0.140. The summed E-state index contributed by atoms with van der Waals surface area (Å²) in [5.74, 6) is -0.788. The first-order chi connectivity index (χ1) is 17.0. The fraction of sp³-hybridized carbons (Fsp3) is 0.440. The van der Waals surface area contributed by atoms with Gasteiger partial charge in [0, 0.05) is 31.8 Å². The molecule has 36 heavy (non-hydrogen) atoms. The van der Waals surface area contributed by atoms with Crippen molar-refractivity contribution in [3.63, 3.8) is 0 Å². The molecule has 1 saturated carbocycles. The maximum atomic E-state index is 13.8. The number of hydrogen-bond donors (Lipinski definition) is 1. The second kappa shape index (κ2) is 12.8. The molecule has 0 saturated heterocycles. The fourth-order valence-corrected chi connectivity index (χ4v) is 6.09. The molecule has 0 heterocycles. The molecule has 1 N–H and O–H groups in total. The van der Waals surface area contributed by atoms with Crippen LogP contribution in [0, 0.1) is 3.57 Å². The Labute approximate surface area is 236 Å². The quantitative estimate of drug-likeness (QED) is 0.352. The maximum Gasteiger partial charge on any atom is 0.244 e. The van der Waals surface area contributed by atoms with Gasteiger partial charge in [-0.25, -0.2) is 8.42 Å². The minimum Gasteiger partial charge on any atom is -0.352 e. The molecule has 1 aliphatic rings. The number of carbonyl (C=O) groups is 2. The summed E-state index contributed by atoms with van der Waals surface area (Å²) in [5, 5.41) is 3.80. The lowest BCUT2D eigenvalue weighted by atomic mass is 10.1. The highest BCUT2D eigenvalue weighted by atomic mass is 127. The highest BCUT2D eigenvalue weighted by Gasteiger charge is 2.33. The number of benzene rings is 2. The molecule has 1 unspecified atom stereocenters. The Bertz CT molecular complexity index is 1170. The smallest absolute Gasteiger partial charge is 0.244 e. The van der Waals surface area contributed by atoms with Crippen LogP contribution in [0.2, 0.25) is 10.0 Å². The zero-order valence-electron chi connectivity index (χ0n) is 20.2. The Hall–Kier alpha value is -1.56. The highest BCUT2D eigenvalue weighted by Crippen LogP contribution is 2.28. The van der Waals surface area contributed by atoms with Crippen LogP contribution in [0.4, 0.5) is 5.69 Å². The largest absolute Gasteiger partial charge is 0.352 e. The number of nitrogens with one attached hydrogen (secondary N) is 1. The van der Waals surface area contributed by atoms with Crippen LogP contribution in [-0.4, -0.2) is 50.0 Å². The van der Waals surface area contributed by atoms with E-state index < -0.39 is 28.5 Å².